The molecule has 1 unspecified atom stereocenters. The number of sulfonamides is 2. The number of hydrogen-bond acceptors (Lipinski definition) is 4. The maximum absolute atomic E-state index is 12.6. The van der Waals surface area contributed by atoms with Crippen molar-refractivity contribution in [3.8, 4) is 0 Å². The molecule has 26 heavy (non-hydrogen) atoms. The first kappa shape index (κ1) is 20.4. The fourth-order valence-electron chi connectivity index (χ4n) is 2.45. The van der Waals surface area contributed by atoms with E-state index in [1.807, 2.05) is 13.8 Å². The lowest BCUT2D eigenvalue weighted by atomic mass is 10.2. The van der Waals surface area contributed by atoms with E-state index < -0.39 is 20.0 Å². The third-order valence-electron chi connectivity index (χ3n) is 3.99. The highest BCUT2D eigenvalue weighted by atomic mass is 32.2. The molecular formula is C18H24N2O4S2. The van der Waals surface area contributed by atoms with Gasteiger partial charge in [0.05, 0.1) is 15.5 Å². The van der Waals surface area contributed by atoms with Gasteiger partial charge in [0.2, 0.25) is 10.0 Å². The van der Waals surface area contributed by atoms with E-state index in [1.165, 1.54) is 30.3 Å². The molecule has 0 aliphatic rings. The molecule has 6 nitrogen and oxygen atoms in total. The Hall–Kier alpha value is -1.90. The maximum Gasteiger partial charge on any atom is 0.262 e. The summed E-state index contributed by atoms with van der Waals surface area (Å²) in [6.07, 6.45) is 0.651. The Balaban J connectivity index is 2.33. The van der Waals surface area contributed by atoms with Crippen molar-refractivity contribution in [1.29, 1.82) is 0 Å². The first-order chi connectivity index (χ1) is 12.0. The predicted molar refractivity (Wildman–Crippen MR) is 103 cm³/mol. The van der Waals surface area contributed by atoms with Crippen LogP contribution in [-0.2, 0) is 20.0 Å². The third kappa shape index (κ3) is 4.84. The van der Waals surface area contributed by atoms with Gasteiger partial charge in [-0.15, -0.1) is 0 Å². The second kappa shape index (κ2) is 7.77. The van der Waals surface area contributed by atoms with Gasteiger partial charge in [-0.1, -0.05) is 30.7 Å². The highest BCUT2D eigenvalue weighted by molar-refractivity contribution is 7.92. The van der Waals surface area contributed by atoms with E-state index in [-0.39, 0.29) is 21.5 Å². The van der Waals surface area contributed by atoms with Gasteiger partial charge < -0.3 is 0 Å². The maximum atomic E-state index is 12.6. The Morgan fingerprint density at radius 2 is 1.65 bits per heavy atom. The first-order valence-corrected chi connectivity index (χ1v) is 11.2. The molecule has 0 bridgehead atoms. The van der Waals surface area contributed by atoms with Gasteiger partial charge in [0.25, 0.3) is 10.0 Å². The van der Waals surface area contributed by atoms with Crippen molar-refractivity contribution >= 4 is 25.7 Å². The average Bonchev–Trinajstić information content (AvgIpc) is 2.53. The molecule has 1 atom stereocenters. The van der Waals surface area contributed by atoms with Crippen LogP contribution in [0, 0.1) is 13.8 Å². The van der Waals surface area contributed by atoms with Crippen molar-refractivity contribution in [3.63, 3.8) is 0 Å². The number of anilines is 1. The monoisotopic (exact) mass is 396 g/mol. The van der Waals surface area contributed by atoms with Crippen LogP contribution in [0.25, 0.3) is 0 Å². The molecule has 0 aliphatic carbocycles. The van der Waals surface area contributed by atoms with Gasteiger partial charge in [0.1, 0.15) is 0 Å². The molecule has 0 spiro atoms. The van der Waals surface area contributed by atoms with Crippen LogP contribution in [-0.4, -0.2) is 22.9 Å². The summed E-state index contributed by atoms with van der Waals surface area (Å²) in [7, 11) is -7.53. The fourth-order valence-corrected chi connectivity index (χ4v) is 5.10. The normalized spacial score (nSPS) is 13.4. The Morgan fingerprint density at radius 3 is 2.27 bits per heavy atom. The summed E-state index contributed by atoms with van der Waals surface area (Å²) in [5.41, 5.74) is 1.78. The summed E-state index contributed by atoms with van der Waals surface area (Å²) in [4.78, 5) is 0.174. The highest BCUT2D eigenvalue weighted by Gasteiger charge is 2.20. The quantitative estimate of drug-likeness (QED) is 0.752. The fraction of sp³-hybridized carbons (Fsp3) is 0.333. The zero-order valence-corrected chi connectivity index (χ0v) is 16.9. The van der Waals surface area contributed by atoms with E-state index in [0.717, 1.165) is 5.56 Å². The zero-order valence-electron chi connectivity index (χ0n) is 15.3. The van der Waals surface area contributed by atoms with E-state index in [1.54, 1.807) is 26.0 Å². The van der Waals surface area contributed by atoms with Gasteiger partial charge in [0, 0.05) is 6.04 Å². The number of aryl methyl sites for hydroxylation is 2. The summed E-state index contributed by atoms with van der Waals surface area (Å²) in [6, 6.07) is 10.6. The van der Waals surface area contributed by atoms with Crippen molar-refractivity contribution in [2.75, 3.05) is 4.72 Å². The lowest BCUT2D eigenvalue weighted by Gasteiger charge is -2.14. The summed E-state index contributed by atoms with van der Waals surface area (Å²) >= 11 is 0. The van der Waals surface area contributed by atoms with E-state index in [2.05, 4.69) is 9.44 Å². The van der Waals surface area contributed by atoms with Gasteiger partial charge >= 0.3 is 0 Å². The molecule has 0 saturated heterocycles. The molecule has 0 fully saturated rings. The van der Waals surface area contributed by atoms with Crippen LogP contribution in [0.15, 0.2) is 52.3 Å². The number of nitrogens with one attached hydrogen (secondary N) is 2. The second-order valence-electron chi connectivity index (χ2n) is 6.33. The van der Waals surface area contributed by atoms with Crippen LogP contribution in [0.5, 0.6) is 0 Å². The number of benzene rings is 2. The molecule has 2 N–H and O–H groups in total. The van der Waals surface area contributed by atoms with Crippen LogP contribution >= 0.6 is 0 Å². The van der Waals surface area contributed by atoms with Gasteiger partial charge in [-0.05, 0) is 57.0 Å². The number of hydrogen-bond donors (Lipinski definition) is 2. The lowest BCUT2D eigenvalue weighted by molar-refractivity contribution is 0.556. The Morgan fingerprint density at radius 1 is 0.962 bits per heavy atom. The molecule has 0 aliphatic heterocycles. The van der Waals surface area contributed by atoms with E-state index >= 15 is 0 Å². The minimum absolute atomic E-state index is 0.0126. The Kier molecular flexibility index (Phi) is 6.10. The van der Waals surface area contributed by atoms with Crippen molar-refractivity contribution in [2.45, 2.75) is 49.9 Å². The highest BCUT2D eigenvalue weighted by Crippen LogP contribution is 2.22. The summed E-state index contributed by atoms with van der Waals surface area (Å²) in [5.74, 6) is 0. The molecule has 0 aromatic heterocycles. The largest absolute Gasteiger partial charge is 0.280 e. The van der Waals surface area contributed by atoms with Gasteiger partial charge in [0.15, 0.2) is 0 Å². The minimum atomic E-state index is -3.82. The predicted octanol–water partition coefficient (Wildman–Crippen LogP) is 3.18. The minimum Gasteiger partial charge on any atom is -0.280 e. The first-order valence-electron chi connectivity index (χ1n) is 8.27. The topological polar surface area (TPSA) is 92.3 Å². The second-order valence-corrected chi connectivity index (χ2v) is 9.70. The molecular weight excluding hydrogens is 372 g/mol. The van der Waals surface area contributed by atoms with E-state index in [9.17, 15) is 16.8 Å². The van der Waals surface area contributed by atoms with Crippen molar-refractivity contribution in [1.82, 2.24) is 4.72 Å². The smallest absolute Gasteiger partial charge is 0.262 e. The molecule has 0 heterocycles. The van der Waals surface area contributed by atoms with Crippen LogP contribution < -0.4 is 9.44 Å². The van der Waals surface area contributed by atoms with Gasteiger partial charge in [-0.2, -0.15) is 0 Å². The molecule has 142 valence electrons. The molecule has 2 rings (SSSR count). The molecule has 0 amide bonds. The molecule has 2 aromatic rings. The molecule has 0 saturated carbocycles. The van der Waals surface area contributed by atoms with Crippen molar-refractivity contribution < 1.29 is 16.8 Å². The summed E-state index contributed by atoms with van der Waals surface area (Å²) < 4.78 is 55.1. The van der Waals surface area contributed by atoms with Gasteiger partial charge in [-0.3, -0.25) is 4.72 Å². The summed E-state index contributed by atoms with van der Waals surface area (Å²) in [5, 5.41) is 0. The molecule has 0 radical (unpaired) electrons. The lowest BCUT2D eigenvalue weighted by Crippen LogP contribution is -2.32. The van der Waals surface area contributed by atoms with E-state index in [4.69, 9.17) is 0 Å². The molecule has 2 aromatic carbocycles. The van der Waals surface area contributed by atoms with Crippen molar-refractivity contribution in [3.05, 3.63) is 53.6 Å². The zero-order chi connectivity index (χ0) is 19.5. The Labute approximate surface area is 155 Å². The summed E-state index contributed by atoms with van der Waals surface area (Å²) in [6.45, 7) is 7.25. The third-order valence-corrected chi connectivity index (χ3v) is 7.11. The van der Waals surface area contributed by atoms with Crippen molar-refractivity contribution in [2.24, 2.45) is 0 Å². The van der Waals surface area contributed by atoms with Crippen LogP contribution in [0.2, 0.25) is 0 Å². The van der Waals surface area contributed by atoms with Crippen LogP contribution in [0.1, 0.15) is 31.4 Å². The SMILES string of the molecule is CCC(C)NS(=O)(=O)c1cccc(NS(=O)(=O)c2ccc(C)cc2C)c1. The Bertz CT molecular complexity index is 1000. The van der Waals surface area contributed by atoms with Gasteiger partial charge in [-0.25, -0.2) is 21.6 Å². The standard InChI is InChI=1S/C18H24N2O4S2/c1-5-15(4)19-25(21,22)17-8-6-7-16(12-17)20-26(23,24)18-10-9-13(2)11-14(18)3/h6-12,15,19-20H,5H2,1-4H3. The van der Waals surface area contributed by atoms with Crippen LogP contribution in [0.4, 0.5) is 5.69 Å². The number of rotatable bonds is 7. The van der Waals surface area contributed by atoms with E-state index in [0.29, 0.717) is 12.0 Å². The average molecular weight is 397 g/mol. The van der Waals surface area contributed by atoms with Crippen LogP contribution in [0.3, 0.4) is 0 Å². The molecule has 8 heteroatoms.